The van der Waals surface area contributed by atoms with E-state index in [1.54, 1.807) is 0 Å². The van der Waals surface area contributed by atoms with Crippen LogP contribution in [0.4, 0.5) is 0 Å². The molecular weight excluding hydrogens is 208 g/mol. The number of benzene rings is 1. The van der Waals surface area contributed by atoms with Crippen LogP contribution in [0.1, 0.15) is 43.0 Å². The van der Waals surface area contributed by atoms with Gasteiger partial charge in [-0.2, -0.15) is 0 Å². The van der Waals surface area contributed by atoms with Gasteiger partial charge in [0, 0.05) is 22.6 Å². The van der Waals surface area contributed by atoms with Gasteiger partial charge >= 0.3 is 0 Å². The zero-order valence-electron chi connectivity index (χ0n) is 10.2. The van der Waals surface area contributed by atoms with Crippen molar-refractivity contribution in [3.8, 4) is 0 Å². The molecule has 17 heavy (non-hydrogen) atoms. The molecule has 2 aliphatic rings. The van der Waals surface area contributed by atoms with Crippen LogP contribution in [-0.2, 0) is 5.54 Å². The molecule has 2 fully saturated rings. The van der Waals surface area contributed by atoms with Gasteiger partial charge in [-0.25, -0.2) is 0 Å². The molecule has 0 aliphatic heterocycles. The molecule has 1 aromatic heterocycles. The fourth-order valence-electron chi connectivity index (χ4n) is 2.90. The van der Waals surface area contributed by atoms with E-state index >= 15 is 0 Å². The fraction of sp³-hybridized carbons (Fsp3) is 0.467. The molecule has 0 atom stereocenters. The van der Waals surface area contributed by atoms with Crippen molar-refractivity contribution in [3.63, 3.8) is 0 Å². The van der Waals surface area contributed by atoms with Crippen LogP contribution in [0.2, 0.25) is 0 Å². The lowest BCUT2D eigenvalue weighted by molar-refractivity contribution is 0.622. The Morgan fingerprint density at radius 1 is 1.29 bits per heavy atom. The standard InChI is InChI=1S/C15H18N2/c1-10-3-2-4-13-12(10)9-14(15(16)7-8-15)17(13)11-5-6-11/h2-4,9,11H,5-8,16H2,1H3. The molecule has 0 unspecified atom stereocenters. The summed E-state index contributed by atoms with van der Waals surface area (Å²) in [6.07, 6.45) is 4.94. The number of nitrogens with two attached hydrogens (primary N) is 1. The highest BCUT2D eigenvalue weighted by molar-refractivity contribution is 5.85. The second-order valence-corrected chi connectivity index (χ2v) is 5.79. The molecule has 2 nitrogen and oxygen atoms in total. The van der Waals surface area contributed by atoms with Crippen LogP contribution in [0, 0.1) is 6.92 Å². The molecule has 0 amide bonds. The largest absolute Gasteiger partial charge is 0.340 e. The summed E-state index contributed by atoms with van der Waals surface area (Å²) in [6, 6.07) is 9.66. The Kier molecular flexibility index (Phi) is 1.68. The Morgan fingerprint density at radius 3 is 2.71 bits per heavy atom. The van der Waals surface area contributed by atoms with Gasteiger partial charge in [-0.1, -0.05) is 12.1 Å². The summed E-state index contributed by atoms with van der Waals surface area (Å²) >= 11 is 0. The van der Waals surface area contributed by atoms with E-state index in [0.29, 0.717) is 6.04 Å². The lowest BCUT2D eigenvalue weighted by Crippen LogP contribution is -2.22. The first-order valence-corrected chi connectivity index (χ1v) is 6.59. The van der Waals surface area contributed by atoms with E-state index in [1.807, 2.05) is 0 Å². The molecule has 2 aliphatic carbocycles. The van der Waals surface area contributed by atoms with Crippen molar-refractivity contribution in [2.24, 2.45) is 5.73 Å². The lowest BCUT2D eigenvalue weighted by atomic mass is 10.1. The van der Waals surface area contributed by atoms with Crippen molar-refractivity contribution in [2.45, 2.75) is 44.2 Å². The van der Waals surface area contributed by atoms with Crippen molar-refractivity contribution in [1.29, 1.82) is 0 Å². The van der Waals surface area contributed by atoms with Gasteiger partial charge in [0.25, 0.3) is 0 Å². The van der Waals surface area contributed by atoms with Crippen LogP contribution in [0.15, 0.2) is 24.3 Å². The SMILES string of the molecule is Cc1cccc2c1cc(C1(N)CC1)n2C1CC1. The van der Waals surface area contributed by atoms with Gasteiger partial charge in [0.2, 0.25) is 0 Å². The number of hydrogen-bond acceptors (Lipinski definition) is 1. The zero-order valence-corrected chi connectivity index (χ0v) is 10.2. The minimum absolute atomic E-state index is 0.0198. The Balaban J connectivity index is 2.05. The number of aryl methyl sites for hydroxylation is 1. The van der Waals surface area contributed by atoms with Gasteiger partial charge in [0.1, 0.15) is 0 Å². The van der Waals surface area contributed by atoms with E-state index in [-0.39, 0.29) is 5.54 Å². The molecule has 0 radical (unpaired) electrons. The van der Waals surface area contributed by atoms with E-state index < -0.39 is 0 Å². The summed E-state index contributed by atoms with van der Waals surface area (Å²) in [5.41, 5.74) is 10.5. The monoisotopic (exact) mass is 226 g/mol. The molecule has 4 rings (SSSR count). The van der Waals surface area contributed by atoms with Gasteiger partial charge in [-0.05, 0) is 50.3 Å². The Morgan fingerprint density at radius 2 is 2.06 bits per heavy atom. The second kappa shape index (κ2) is 2.94. The molecule has 88 valence electrons. The minimum atomic E-state index is -0.0198. The van der Waals surface area contributed by atoms with Crippen molar-refractivity contribution in [1.82, 2.24) is 4.57 Å². The van der Waals surface area contributed by atoms with Crippen LogP contribution in [0.25, 0.3) is 10.9 Å². The van der Waals surface area contributed by atoms with Crippen molar-refractivity contribution >= 4 is 10.9 Å². The predicted molar refractivity (Wildman–Crippen MR) is 70.0 cm³/mol. The Labute approximate surface area is 101 Å². The van der Waals surface area contributed by atoms with Crippen LogP contribution in [0.5, 0.6) is 0 Å². The van der Waals surface area contributed by atoms with E-state index in [2.05, 4.69) is 35.8 Å². The number of rotatable bonds is 2. The molecule has 0 saturated heterocycles. The van der Waals surface area contributed by atoms with E-state index in [0.717, 1.165) is 12.8 Å². The van der Waals surface area contributed by atoms with E-state index in [9.17, 15) is 0 Å². The van der Waals surface area contributed by atoms with Crippen LogP contribution < -0.4 is 5.73 Å². The summed E-state index contributed by atoms with van der Waals surface area (Å²) in [5.74, 6) is 0. The van der Waals surface area contributed by atoms with Crippen LogP contribution in [-0.4, -0.2) is 4.57 Å². The van der Waals surface area contributed by atoms with Gasteiger partial charge < -0.3 is 10.3 Å². The quantitative estimate of drug-likeness (QED) is 0.837. The number of aromatic nitrogens is 1. The first-order chi connectivity index (χ1) is 8.19. The Hall–Kier alpha value is -1.28. The molecule has 2 saturated carbocycles. The maximum absolute atomic E-state index is 6.43. The smallest absolute Gasteiger partial charge is 0.0565 e. The molecule has 0 bridgehead atoms. The fourth-order valence-corrected chi connectivity index (χ4v) is 2.90. The predicted octanol–water partition coefficient (Wildman–Crippen LogP) is 3.23. The Bertz CT molecular complexity index is 601. The second-order valence-electron chi connectivity index (χ2n) is 5.79. The summed E-state index contributed by atoms with van der Waals surface area (Å²) in [5, 5.41) is 1.39. The van der Waals surface area contributed by atoms with Crippen molar-refractivity contribution < 1.29 is 0 Å². The number of fused-ring (bicyclic) bond motifs is 1. The zero-order chi connectivity index (χ0) is 11.6. The molecule has 2 heteroatoms. The molecule has 1 heterocycles. The third-order valence-electron chi connectivity index (χ3n) is 4.31. The maximum atomic E-state index is 6.43. The van der Waals surface area contributed by atoms with Crippen LogP contribution >= 0.6 is 0 Å². The highest BCUT2D eigenvalue weighted by Gasteiger charge is 2.44. The molecule has 2 aromatic rings. The van der Waals surface area contributed by atoms with E-state index in [4.69, 9.17) is 5.73 Å². The molecular formula is C15H18N2. The normalized spacial score (nSPS) is 22.0. The van der Waals surface area contributed by atoms with E-state index in [1.165, 1.54) is 35.0 Å². The lowest BCUT2D eigenvalue weighted by Gasteiger charge is -2.14. The van der Waals surface area contributed by atoms with Gasteiger partial charge in [0.05, 0.1) is 5.54 Å². The maximum Gasteiger partial charge on any atom is 0.0565 e. The third kappa shape index (κ3) is 1.31. The number of hydrogen-bond donors (Lipinski definition) is 1. The highest BCUT2D eigenvalue weighted by atomic mass is 15.1. The summed E-state index contributed by atoms with van der Waals surface area (Å²) in [4.78, 5) is 0. The summed E-state index contributed by atoms with van der Waals surface area (Å²) in [7, 11) is 0. The summed E-state index contributed by atoms with van der Waals surface area (Å²) < 4.78 is 2.52. The average Bonchev–Trinajstić information content (AvgIpc) is 3.22. The topological polar surface area (TPSA) is 30.9 Å². The average molecular weight is 226 g/mol. The van der Waals surface area contributed by atoms with Crippen molar-refractivity contribution in [3.05, 3.63) is 35.5 Å². The van der Waals surface area contributed by atoms with Gasteiger partial charge in [-0.15, -0.1) is 0 Å². The van der Waals surface area contributed by atoms with Gasteiger partial charge in [0.15, 0.2) is 0 Å². The minimum Gasteiger partial charge on any atom is -0.340 e. The highest BCUT2D eigenvalue weighted by Crippen LogP contribution is 2.49. The first-order valence-electron chi connectivity index (χ1n) is 6.59. The van der Waals surface area contributed by atoms with Crippen molar-refractivity contribution in [2.75, 3.05) is 0 Å². The molecule has 0 spiro atoms. The molecule has 1 aromatic carbocycles. The number of nitrogens with zero attached hydrogens (tertiary/aromatic N) is 1. The van der Waals surface area contributed by atoms with Gasteiger partial charge in [-0.3, -0.25) is 0 Å². The first kappa shape index (κ1) is 9.72. The van der Waals surface area contributed by atoms with Crippen LogP contribution in [0.3, 0.4) is 0 Å². The summed E-state index contributed by atoms with van der Waals surface area (Å²) in [6.45, 7) is 2.19. The third-order valence-corrected chi connectivity index (χ3v) is 4.31. The molecule has 2 N–H and O–H groups in total.